The lowest BCUT2D eigenvalue weighted by Gasteiger charge is -2.57. The molecular weight excluding hydrogens is 280 g/mol. The van der Waals surface area contributed by atoms with Crippen LogP contribution in [0.3, 0.4) is 0 Å². The standard InChI is InChI=1S/C22H32O/c1-17-11-12-20-21(2,3)13-8-14-22(20,4)19(17)16-23-15-18-9-6-5-7-10-18/h5-7,9-10,19-20H,1,8,11-16H2,2-4H3/t19?,20-,22+/m0/s1. The van der Waals surface area contributed by atoms with E-state index in [-0.39, 0.29) is 0 Å². The summed E-state index contributed by atoms with van der Waals surface area (Å²) in [5, 5.41) is 0. The molecule has 2 saturated carbocycles. The Bertz CT molecular complexity index is 544. The smallest absolute Gasteiger partial charge is 0.0717 e. The van der Waals surface area contributed by atoms with Crippen molar-refractivity contribution in [2.75, 3.05) is 6.61 Å². The van der Waals surface area contributed by atoms with Crippen LogP contribution in [-0.2, 0) is 11.3 Å². The van der Waals surface area contributed by atoms with Crippen molar-refractivity contribution in [3.05, 3.63) is 48.0 Å². The van der Waals surface area contributed by atoms with Crippen LogP contribution in [0.1, 0.15) is 58.4 Å². The lowest BCUT2D eigenvalue weighted by molar-refractivity contribution is -0.0770. The van der Waals surface area contributed by atoms with E-state index in [1.807, 2.05) is 0 Å². The van der Waals surface area contributed by atoms with Gasteiger partial charge in [-0.3, -0.25) is 0 Å². The Morgan fingerprint density at radius 3 is 2.61 bits per heavy atom. The van der Waals surface area contributed by atoms with Crippen molar-refractivity contribution < 1.29 is 4.74 Å². The molecule has 1 aromatic rings. The molecule has 0 amide bonds. The van der Waals surface area contributed by atoms with Crippen molar-refractivity contribution in [3.8, 4) is 0 Å². The lowest BCUT2D eigenvalue weighted by Crippen LogP contribution is -2.50. The van der Waals surface area contributed by atoms with Crippen LogP contribution < -0.4 is 0 Å². The third kappa shape index (κ3) is 3.26. The summed E-state index contributed by atoms with van der Waals surface area (Å²) in [6.07, 6.45) is 6.56. The molecule has 0 radical (unpaired) electrons. The van der Waals surface area contributed by atoms with E-state index in [0.29, 0.717) is 16.7 Å². The first-order chi connectivity index (χ1) is 10.9. The predicted molar refractivity (Wildman–Crippen MR) is 97.2 cm³/mol. The molecule has 0 aliphatic heterocycles. The van der Waals surface area contributed by atoms with Gasteiger partial charge in [-0.05, 0) is 48.0 Å². The van der Waals surface area contributed by atoms with E-state index in [4.69, 9.17) is 4.74 Å². The molecule has 23 heavy (non-hydrogen) atoms. The van der Waals surface area contributed by atoms with Gasteiger partial charge in [0.25, 0.3) is 0 Å². The van der Waals surface area contributed by atoms with Crippen molar-refractivity contribution in [1.29, 1.82) is 0 Å². The average Bonchev–Trinajstić information content (AvgIpc) is 2.50. The first kappa shape index (κ1) is 16.8. The van der Waals surface area contributed by atoms with Crippen LogP contribution in [0.15, 0.2) is 42.5 Å². The largest absolute Gasteiger partial charge is 0.376 e. The molecule has 2 aliphatic carbocycles. The summed E-state index contributed by atoms with van der Waals surface area (Å²) in [5.41, 5.74) is 3.52. The highest BCUT2D eigenvalue weighted by atomic mass is 16.5. The minimum Gasteiger partial charge on any atom is -0.376 e. The summed E-state index contributed by atoms with van der Waals surface area (Å²) in [7, 11) is 0. The monoisotopic (exact) mass is 312 g/mol. The summed E-state index contributed by atoms with van der Waals surface area (Å²) in [5.74, 6) is 1.32. The van der Waals surface area contributed by atoms with Crippen LogP contribution in [0, 0.1) is 22.7 Å². The van der Waals surface area contributed by atoms with Crippen LogP contribution >= 0.6 is 0 Å². The van der Waals surface area contributed by atoms with Crippen molar-refractivity contribution in [1.82, 2.24) is 0 Å². The van der Waals surface area contributed by atoms with Crippen molar-refractivity contribution >= 4 is 0 Å². The Kier molecular flexibility index (Phi) is 4.69. The third-order valence-corrected chi connectivity index (χ3v) is 6.71. The Hall–Kier alpha value is -1.08. The van der Waals surface area contributed by atoms with E-state index in [2.05, 4.69) is 57.7 Å². The number of fused-ring (bicyclic) bond motifs is 1. The summed E-state index contributed by atoms with van der Waals surface area (Å²) >= 11 is 0. The maximum Gasteiger partial charge on any atom is 0.0717 e. The van der Waals surface area contributed by atoms with Gasteiger partial charge in [0.1, 0.15) is 0 Å². The zero-order valence-corrected chi connectivity index (χ0v) is 15.1. The Morgan fingerprint density at radius 2 is 1.87 bits per heavy atom. The number of hydrogen-bond acceptors (Lipinski definition) is 1. The molecule has 2 aliphatic rings. The summed E-state index contributed by atoms with van der Waals surface area (Å²) < 4.78 is 6.15. The highest BCUT2D eigenvalue weighted by molar-refractivity contribution is 5.16. The third-order valence-electron chi connectivity index (χ3n) is 6.71. The molecule has 2 fully saturated rings. The van der Waals surface area contributed by atoms with E-state index in [9.17, 15) is 0 Å². The quantitative estimate of drug-likeness (QED) is 0.619. The normalized spacial score (nSPS) is 33.3. The van der Waals surface area contributed by atoms with Gasteiger partial charge in [0.05, 0.1) is 13.2 Å². The highest BCUT2D eigenvalue weighted by Crippen LogP contribution is 2.60. The molecule has 3 atom stereocenters. The fourth-order valence-electron chi connectivity index (χ4n) is 5.45. The van der Waals surface area contributed by atoms with E-state index in [1.54, 1.807) is 0 Å². The first-order valence-electron chi connectivity index (χ1n) is 9.23. The van der Waals surface area contributed by atoms with Gasteiger partial charge in [-0.1, -0.05) is 69.7 Å². The van der Waals surface area contributed by atoms with Gasteiger partial charge >= 0.3 is 0 Å². The Balaban J connectivity index is 1.70. The Labute approximate surface area is 142 Å². The molecule has 0 spiro atoms. The SMILES string of the molecule is C=C1CC[C@H]2C(C)(C)CCC[C@]2(C)C1COCc1ccccc1. The van der Waals surface area contributed by atoms with Crippen LogP contribution in [0.4, 0.5) is 0 Å². The molecule has 126 valence electrons. The first-order valence-corrected chi connectivity index (χ1v) is 9.23. The van der Waals surface area contributed by atoms with Gasteiger partial charge in [0.2, 0.25) is 0 Å². The summed E-state index contributed by atoms with van der Waals surface area (Å²) in [4.78, 5) is 0. The topological polar surface area (TPSA) is 9.23 Å². The van der Waals surface area contributed by atoms with E-state index in [1.165, 1.54) is 43.2 Å². The molecule has 1 aromatic carbocycles. The lowest BCUT2D eigenvalue weighted by atomic mass is 9.48. The predicted octanol–water partition coefficient (Wildman–Crippen LogP) is 6.00. The van der Waals surface area contributed by atoms with Crippen LogP contribution in [0.25, 0.3) is 0 Å². The van der Waals surface area contributed by atoms with Gasteiger partial charge in [0.15, 0.2) is 0 Å². The maximum absolute atomic E-state index is 6.15. The molecule has 0 bridgehead atoms. The van der Waals surface area contributed by atoms with Gasteiger partial charge in [-0.25, -0.2) is 0 Å². The fraction of sp³-hybridized carbons (Fsp3) is 0.636. The minimum absolute atomic E-state index is 0.369. The maximum atomic E-state index is 6.15. The highest BCUT2D eigenvalue weighted by Gasteiger charge is 2.52. The summed E-state index contributed by atoms with van der Waals surface area (Å²) in [6, 6.07) is 10.5. The molecule has 1 nitrogen and oxygen atoms in total. The molecule has 3 rings (SSSR count). The molecular formula is C22H32O. The van der Waals surface area contributed by atoms with Crippen LogP contribution in [0.2, 0.25) is 0 Å². The van der Waals surface area contributed by atoms with Crippen LogP contribution in [0.5, 0.6) is 0 Å². The molecule has 0 N–H and O–H groups in total. The second-order valence-corrected chi connectivity index (χ2v) is 8.65. The molecule has 0 aromatic heterocycles. The zero-order chi connectivity index (χ0) is 16.5. The van der Waals surface area contributed by atoms with E-state index < -0.39 is 0 Å². The van der Waals surface area contributed by atoms with Crippen molar-refractivity contribution in [3.63, 3.8) is 0 Å². The second kappa shape index (κ2) is 6.43. The number of rotatable bonds is 4. The second-order valence-electron chi connectivity index (χ2n) is 8.65. The molecule has 1 heteroatoms. The molecule has 0 saturated heterocycles. The van der Waals surface area contributed by atoms with E-state index in [0.717, 1.165) is 19.1 Å². The number of benzene rings is 1. The molecule has 1 unspecified atom stereocenters. The van der Waals surface area contributed by atoms with Gasteiger partial charge in [-0.2, -0.15) is 0 Å². The van der Waals surface area contributed by atoms with Gasteiger partial charge in [-0.15, -0.1) is 0 Å². The molecule has 0 heterocycles. The van der Waals surface area contributed by atoms with E-state index >= 15 is 0 Å². The van der Waals surface area contributed by atoms with Gasteiger partial charge < -0.3 is 4.74 Å². The van der Waals surface area contributed by atoms with Crippen molar-refractivity contribution in [2.45, 2.75) is 59.5 Å². The number of hydrogen-bond donors (Lipinski definition) is 0. The van der Waals surface area contributed by atoms with Crippen molar-refractivity contribution in [2.24, 2.45) is 22.7 Å². The minimum atomic E-state index is 0.369. The average molecular weight is 312 g/mol. The Morgan fingerprint density at radius 1 is 1.13 bits per heavy atom. The fourth-order valence-corrected chi connectivity index (χ4v) is 5.45. The van der Waals surface area contributed by atoms with Crippen LogP contribution in [-0.4, -0.2) is 6.61 Å². The van der Waals surface area contributed by atoms with Gasteiger partial charge in [0, 0.05) is 5.92 Å². The number of ether oxygens (including phenoxy) is 1. The zero-order valence-electron chi connectivity index (χ0n) is 15.1. The summed E-state index contributed by atoms with van der Waals surface area (Å²) in [6.45, 7) is 13.4.